The number of aromatic hydroxyl groups is 4. The molecule has 18 nitrogen and oxygen atoms in total. The van der Waals surface area contributed by atoms with E-state index in [0.29, 0.717) is 0 Å². The molecule has 0 aliphatic heterocycles. The summed E-state index contributed by atoms with van der Waals surface area (Å²) in [7, 11) is 0. The van der Waals surface area contributed by atoms with E-state index in [4.69, 9.17) is 0 Å². The second kappa shape index (κ2) is 18.5. The van der Waals surface area contributed by atoms with Gasteiger partial charge < -0.3 is 51.3 Å². The van der Waals surface area contributed by atoms with E-state index in [1.165, 1.54) is 70.5 Å². The van der Waals surface area contributed by atoms with Crippen LogP contribution in [0.3, 0.4) is 0 Å². The smallest absolute Gasteiger partial charge is 0.283 e. The van der Waals surface area contributed by atoms with E-state index in [0.717, 1.165) is 12.1 Å². The second-order valence-electron chi connectivity index (χ2n) is 12.0. The molecule has 18 heteroatoms. The third kappa shape index (κ3) is 9.87. The summed E-state index contributed by atoms with van der Waals surface area (Å²) in [6.45, 7) is 0.332. The van der Waals surface area contributed by atoms with Gasteiger partial charge in [0, 0.05) is 51.4 Å². The molecular weight excluding hydrogens is 708 g/mol. The summed E-state index contributed by atoms with van der Waals surface area (Å²) in [5.41, 5.74) is -2.57. The van der Waals surface area contributed by atoms with E-state index in [-0.39, 0.29) is 96.9 Å². The number of carbonyl (C=O) groups is 4. The molecule has 2 heterocycles. The Morgan fingerprint density at radius 2 is 0.870 bits per heavy atom. The molecule has 0 unspecified atom stereocenters. The van der Waals surface area contributed by atoms with Crippen molar-refractivity contribution in [2.24, 2.45) is 0 Å². The Bertz CT molecular complexity index is 1970. The van der Waals surface area contributed by atoms with Crippen LogP contribution in [0.15, 0.2) is 82.4 Å². The standard InChI is InChI=1S/C36H40N6O12/c43-27-13-3-9-23(31(27)47)33(49)37-17-7-21-39(35(51)25-11-5-15-29(45)41(25)53)19-1-2-20-40(36(52)26-12-6-16-30(46)42(26)54)22-8-18-38-34(50)24-10-4-14-28(44)32(24)48/h3-6,9-16,43-44,47-48,53-54H,1-2,7-8,17-22H2,(H,37,49)(H,38,50). The van der Waals surface area contributed by atoms with Crippen LogP contribution in [0, 0.1) is 0 Å². The lowest BCUT2D eigenvalue weighted by Crippen LogP contribution is -2.39. The van der Waals surface area contributed by atoms with E-state index >= 15 is 0 Å². The first kappa shape index (κ1) is 39.8. The minimum atomic E-state index is -0.827. The number of phenols is 4. The van der Waals surface area contributed by atoms with Gasteiger partial charge in [0.25, 0.3) is 34.7 Å². The molecular formula is C36H40N6O12. The third-order valence-corrected chi connectivity index (χ3v) is 8.28. The fourth-order valence-electron chi connectivity index (χ4n) is 5.41. The van der Waals surface area contributed by atoms with Gasteiger partial charge in [-0.05, 0) is 62.1 Å². The number of unbranched alkanes of at least 4 members (excludes halogenated alkanes) is 1. The maximum absolute atomic E-state index is 13.5. The molecule has 0 saturated heterocycles. The molecule has 0 radical (unpaired) electrons. The van der Waals surface area contributed by atoms with Crippen LogP contribution in [0.1, 0.15) is 67.4 Å². The number of phenolic OH excluding ortho intramolecular Hbond substituents is 4. The lowest BCUT2D eigenvalue weighted by molar-refractivity contribution is 0.0657. The lowest BCUT2D eigenvalue weighted by atomic mass is 10.1. The summed E-state index contributed by atoms with van der Waals surface area (Å²) in [5, 5.41) is 65.0. The number of hydrogen-bond acceptors (Lipinski definition) is 12. The van der Waals surface area contributed by atoms with Gasteiger partial charge in [-0.25, -0.2) is 0 Å². The predicted octanol–water partition coefficient (Wildman–Crippen LogP) is 1.31. The minimum absolute atomic E-state index is 0.0439. The van der Waals surface area contributed by atoms with Crippen LogP contribution in [-0.2, 0) is 0 Å². The molecule has 4 aromatic rings. The lowest BCUT2D eigenvalue weighted by Gasteiger charge is -2.26. The van der Waals surface area contributed by atoms with E-state index in [2.05, 4.69) is 10.6 Å². The van der Waals surface area contributed by atoms with Crippen molar-refractivity contribution in [3.63, 3.8) is 0 Å². The highest BCUT2D eigenvalue weighted by Crippen LogP contribution is 2.28. The third-order valence-electron chi connectivity index (χ3n) is 8.28. The molecule has 2 aromatic carbocycles. The molecule has 8 N–H and O–H groups in total. The Morgan fingerprint density at radius 3 is 1.26 bits per heavy atom. The van der Waals surface area contributed by atoms with E-state index in [1.54, 1.807) is 0 Å². The SMILES string of the molecule is O=C(NCCCN(CCCCN(CCCNC(=O)c1cccc(O)c1O)C(=O)c1cccc(=O)n1O)C(=O)c1cccc(=O)n1O)c1cccc(O)c1O. The minimum Gasteiger partial charge on any atom is -0.504 e. The highest BCUT2D eigenvalue weighted by molar-refractivity contribution is 5.98. The summed E-state index contributed by atoms with van der Waals surface area (Å²) in [6.07, 6.45) is 0.988. The predicted molar refractivity (Wildman–Crippen MR) is 190 cm³/mol. The first-order chi connectivity index (χ1) is 25.8. The molecule has 0 spiro atoms. The van der Waals surface area contributed by atoms with Crippen molar-refractivity contribution in [1.82, 2.24) is 29.9 Å². The molecule has 0 fully saturated rings. The number of nitrogens with zero attached hydrogens (tertiary/aromatic N) is 4. The molecule has 0 saturated carbocycles. The average Bonchev–Trinajstić information content (AvgIpc) is 3.15. The van der Waals surface area contributed by atoms with Crippen molar-refractivity contribution in [3.8, 4) is 23.0 Å². The monoisotopic (exact) mass is 748 g/mol. The van der Waals surface area contributed by atoms with Gasteiger partial charge in [0.2, 0.25) is 0 Å². The van der Waals surface area contributed by atoms with E-state index in [1.807, 2.05) is 0 Å². The number of nitrogens with one attached hydrogen (secondary N) is 2. The summed E-state index contributed by atoms with van der Waals surface area (Å²) >= 11 is 0. The summed E-state index contributed by atoms with van der Waals surface area (Å²) in [5.74, 6) is -4.82. The van der Waals surface area contributed by atoms with Gasteiger partial charge in [-0.15, -0.1) is 9.46 Å². The van der Waals surface area contributed by atoms with Crippen LogP contribution in [0.25, 0.3) is 0 Å². The van der Waals surface area contributed by atoms with Crippen LogP contribution in [0.4, 0.5) is 0 Å². The quantitative estimate of drug-likeness (QED) is 0.0432. The van der Waals surface area contributed by atoms with Gasteiger partial charge >= 0.3 is 0 Å². The zero-order valence-corrected chi connectivity index (χ0v) is 28.9. The fraction of sp³-hybridized carbons (Fsp3) is 0.278. The fourth-order valence-corrected chi connectivity index (χ4v) is 5.41. The van der Waals surface area contributed by atoms with Gasteiger partial charge in [0.1, 0.15) is 11.4 Å². The van der Waals surface area contributed by atoms with Crippen molar-refractivity contribution in [3.05, 3.63) is 116 Å². The first-order valence-electron chi connectivity index (χ1n) is 16.8. The molecule has 4 amide bonds. The number of amides is 4. The number of hydrogen-bond donors (Lipinski definition) is 8. The van der Waals surface area contributed by atoms with Crippen molar-refractivity contribution in [1.29, 1.82) is 0 Å². The van der Waals surface area contributed by atoms with Gasteiger partial charge in [-0.3, -0.25) is 28.8 Å². The molecule has 0 atom stereocenters. The average molecular weight is 749 g/mol. The van der Waals surface area contributed by atoms with Crippen LogP contribution in [0.5, 0.6) is 23.0 Å². The van der Waals surface area contributed by atoms with Crippen molar-refractivity contribution < 1.29 is 50.0 Å². The maximum atomic E-state index is 13.5. The van der Waals surface area contributed by atoms with Gasteiger partial charge in [0.05, 0.1) is 11.1 Å². The van der Waals surface area contributed by atoms with Gasteiger partial charge in [0.15, 0.2) is 23.0 Å². The largest absolute Gasteiger partial charge is 0.504 e. The van der Waals surface area contributed by atoms with Crippen molar-refractivity contribution in [2.75, 3.05) is 39.3 Å². The summed E-state index contributed by atoms with van der Waals surface area (Å²) in [4.78, 5) is 78.8. The number of rotatable bonds is 17. The van der Waals surface area contributed by atoms with Crippen LogP contribution in [-0.4, -0.2) is 113 Å². The second-order valence-corrected chi connectivity index (χ2v) is 12.0. The Morgan fingerprint density at radius 1 is 0.519 bits per heavy atom. The Kier molecular flexibility index (Phi) is 13.6. The highest BCUT2D eigenvalue weighted by atomic mass is 16.5. The van der Waals surface area contributed by atoms with Crippen LogP contribution < -0.4 is 21.8 Å². The molecule has 4 rings (SSSR count). The van der Waals surface area contributed by atoms with Gasteiger partial charge in [-0.2, -0.15) is 0 Å². The van der Waals surface area contributed by atoms with Crippen LogP contribution >= 0.6 is 0 Å². The number of aromatic nitrogens is 2. The molecule has 2 aromatic heterocycles. The zero-order valence-electron chi connectivity index (χ0n) is 28.9. The topological polar surface area (TPSA) is 264 Å². The van der Waals surface area contributed by atoms with Gasteiger partial charge in [-0.1, -0.05) is 24.3 Å². The molecule has 0 bridgehead atoms. The van der Waals surface area contributed by atoms with E-state index in [9.17, 15) is 59.6 Å². The zero-order chi connectivity index (χ0) is 39.4. The Balaban J connectivity index is 1.41. The number of para-hydroxylation sites is 2. The summed E-state index contributed by atoms with van der Waals surface area (Å²) in [6, 6.07) is 15.1. The maximum Gasteiger partial charge on any atom is 0.283 e. The highest BCUT2D eigenvalue weighted by Gasteiger charge is 2.23. The molecule has 54 heavy (non-hydrogen) atoms. The number of carbonyl (C=O) groups excluding carboxylic acids is 4. The van der Waals surface area contributed by atoms with Crippen molar-refractivity contribution >= 4 is 23.6 Å². The number of pyridine rings is 2. The molecule has 286 valence electrons. The van der Waals surface area contributed by atoms with E-state index < -0.39 is 57.7 Å². The van der Waals surface area contributed by atoms with Crippen LogP contribution in [0.2, 0.25) is 0 Å². The first-order valence-corrected chi connectivity index (χ1v) is 16.8. The van der Waals surface area contributed by atoms with Crippen molar-refractivity contribution in [2.45, 2.75) is 25.7 Å². The Hall–Kier alpha value is -6.98. The summed E-state index contributed by atoms with van der Waals surface area (Å²) < 4.78 is 0.439. The number of benzene rings is 2. The molecule has 0 aliphatic carbocycles. The Labute approximate surface area is 307 Å². The molecule has 0 aliphatic rings. The normalized spacial score (nSPS) is 10.7.